The number of benzene rings is 3. The van der Waals surface area contributed by atoms with Gasteiger partial charge in [0.25, 0.3) is 5.89 Å². The van der Waals surface area contributed by atoms with Gasteiger partial charge in [0.1, 0.15) is 11.6 Å². The Morgan fingerprint density at radius 1 is 0.971 bits per heavy atom. The first kappa shape index (κ1) is 21.9. The van der Waals surface area contributed by atoms with Crippen LogP contribution < -0.4 is 10.2 Å². The van der Waals surface area contributed by atoms with E-state index >= 15 is 0 Å². The number of allylic oxidation sites excluding steroid dienone is 1. The van der Waals surface area contributed by atoms with E-state index in [0.717, 1.165) is 16.8 Å². The van der Waals surface area contributed by atoms with E-state index < -0.39 is 6.04 Å². The number of rotatable bonds is 4. The fourth-order valence-corrected chi connectivity index (χ4v) is 4.40. The van der Waals surface area contributed by atoms with Crippen molar-refractivity contribution in [1.82, 2.24) is 15.5 Å². The number of nitrogens with zero attached hydrogens (tertiary/aromatic N) is 3. The van der Waals surface area contributed by atoms with Gasteiger partial charge < -0.3 is 9.84 Å². The molecule has 8 heteroatoms. The lowest BCUT2D eigenvalue weighted by Gasteiger charge is -2.37. The first-order valence-corrected chi connectivity index (χ1v) is 11.1. The standard InChI is InChI=1S/C26H20F2N4OS/c1-15-14-20(12-13-21(15)28)32-16(2)22(23(29-26(32)34)17-8-10-19(27)11-9-17)25-30-24(31-33-25)18-6-4-3-5-7-18/h3-14,23H,1-2H3,(H,29,34). The van der Waals surface area contributed by atoms with Crippen molar-refractivity contribution in [3.63, 3.8) is 0 Å². The third-order valence-corrected chi connectivity index (χ3v) is 6.08. The van der Waals surface area contributed by atoms with Gasteiger partial charge in [0.15, 0.2) is 5.11 Å². The quantitative estimate of drug-likeness (QED) is 0.356. The van der Waals surface area contributed by atoms with Crippen LogP contribution in [0, 0.1) is 18.6 Å². The van der Waals surface area contributed by atoms with E-state index in [1.165, 1.54) is 18.2 Å². The zero-order valence-electron chi connectivity index (χ0n) is 18.4. The van der Waals surface area contributed by atoms with Gasteiger partial charge in [0.05, 0.1) is 11.6 Å². The normalized spacial score (nSPS) is 16.1. The molecule has 1 unspecified atom stereocenters. The van der Waals surface area contributed by atoms with E-state index in [-0.39, 0.29) is 11.6 Å². The van der Waals surface area contributed by atoms with Gasteiger partial charge in [-0.1, -0.05) is 47.6 Å². The number of aryl methyl sites for hydroxylation is 1. The molecule has 5 rings (SSSR count). The summed E-state index contributed by atoms with van der Waals surface area (Å²) in [5.74, 6) is 0.127. The largest absolute Gasteiger partial charge is 0.351 e. The molecule has 0 fully saturated rings. The van der Waals surface area contributed by atoms with Crippen LogP contribution in [0.5, 0.6) is 0 Å². The fourth-order valence-electron chi connectivity index (χ4n) is 4.04. The van der Waals surface area contributed by atoms with Crippen LogP contribution in [0.15, 0.2) is 83.0 Å². The highest BCUT2D eigenvalue weighted by Gasteiger charge is 2.35. The molecule has 34 heavy (non-hydrogen) atoms. The van der Waals surface area contributed by atoms with Gasteiger partial charge in [-0.05, 0) is 67.5 Å². The lowest BCUT2D eigenvalue weighted by molar-refractivity contribution is 0.404. The third-order valence-electron chi connectivity index (χ3n) is 5.78. The Hall–Kier alpha value is -3.91. The van der Waals surface area contributed by atoms with Crippen LogP contribution in [0.3, 0.4) is 0 Å². The summed E-state index contributed by atoms with van der Waals surface area (Å²) >= 11 is 5.70. The number of hydrogen-bond donors (Lipinski definition) is 1. The summed E-state index contributed by atoms with van der Waals surface area (Å²) in [6, 6.07) is 20.0. The summed E-state index contributed by atoms with van der Waals surface area (Å²) in [6.45, 7) is 3.59. The third kappa shape index (κ3) is 3.97. The van der Waals surface area contributed by atoms with Crippen molar-refractivity contribution in [3.8, 4) is 11.4 Å². The lowest BCUT2D eigenvalue weighted by atomic mass is 9.94. The lowest BCUT2D eigenvalue weighted by Crippen LogP contribution is -2.46. The van der Waals surface area contributed by atoms with Crippen LogP contribution in [0.2, 0.25) is 0 Å². The topological polar surface area (TPSA) is 54.2 Å². The summed E-state index contributed by atoms with van der Waals surface area (Å²) in [4.78, 5) is 6.46. The molecule has 1 aromatic heterocycles. The maximum Gasteiger partial charge on any atom is 0.258 e. The molecule has 1 aliphatic rings. The number of hydrogen-bond acceptors (Lipinski definition) is 4. The van der Waals surface area contributed by atoms with Crippen LogP contribution in [-0.2, 0) is 0 Å². The minimum Gasteiger partial charge on any atom is -0.351 e. The molecule has 0 aliphatic carbocycles. The highest BCUT2D eigenvalue weighted by molar-refractivity contribution is 7.80. The van der Waals surface area contributed by atoms with Gasteiger partial charge in [-0.15, -0.1) is 0 Å². The average molecular weight is 475 g/mol. The Labute approximate surface area is 200 Å². The molecule has 5 nitrogen and oxygen atoms in total. The molecule has 0 radical (unpaired) electrons. The molecule has 1 atom stereocenters. The average Bonchev–Trinajstić information content (AvgIpc) is 3.32. The van der Waals surface area contributed by atoms with Crippen molar-refractivity contribution in [2.45, 2.75) is 19.9 Å². The molecular formula is C26H20F2N4OS. The Morgan fingerprint density at radius 3 is 2.41 bits per heavy atom. The molecule has 0 bridgehead atoms. The predicted octanol–water partition coefficient (Wildman–Crippen LogP) is 6.19. The molecule has 1 N–H and O–H groups in total. The number of nitrogens with one attached hydrogen (secondary N) is 1. The summed E-state index contributed by atoms with van der Waals surface area (Å²) in [6.07, 6.45) is 0. The molecule has 0 spiro atoms. The fraction of sp³-hybridized carbons (Fsp3) is 0.115. The zero-order chi connectivity index (χ0) is 23.8. The SMILES string of the molecule is CC1=C(c2nc(-c3ccccc3)no2)C(c2ccc(F)cc2)NC(=S)N1c1ccc(F)c(C)c1. The Kier molecular flexibility index (Phi) is 5.67. The molecule has 170 valence electrons. The first-order valence-electron chi connectivity index (χ1n) is 10.6. The number of halogens is 2. The van der Waals surface area contributed by atoms with Crippen molar-refractivity contribution in [1.29, 1.82) is 0 Å². The molecule has 0 amide bonds. The second kappa shape index (κ2) is 8.79. The van der Waals surface area contributed by atoms with Gasteiger partial charge in [-0.2, -0.15) is 4.98 Å². The van der Waals surface area contributed by atoms with Crippen LogP contribution in [-0.4, -0.2) is 15.3 Å². The van der Waals surface area contributed by atoms with Crippen LogP contribution in [0.4, 0.5) is 14.5 Å². The van der Waals surface area contributed by atoms with E-state index in [1.807, 2.05) is 42.2 Å². The van der Waals surface area contributed by atoms with Gasteiger partial charge in [-0.25, -0.2) is 8.78 Å². The van der Waals surface area contributed by atoms with E-state index in [2.05, 4.69) is 15.5 Å². The number of thiocarbonyl (C=S) groups is 1. The summed E-state index contributed by atoms with van der Waals surface area (Å²) in [5.41, 5.74) is 4.24. The van der Waals surface area contributed by atoms with Crippen molar-refractivity contribution >= 4 is 28.6 Å². The minimum atomic E-state index is -0.449. The monoisotopic (exact) mass is 474 g/mol. The Morgan fingerprint density at radius 2 is 1.71 bits per heavy atom. The van der Waals surface area contributed by atoms with Crippen LogP contribution >= 0.6 is 12.2 Å². The highest BCUT2D eigenvalue weighted by Crippen LogP contribution is 2.39. The second-order valence-corrected chi connectivity index (χ2v) is 8.38. The maximum atomic E-state index is 13.9. The van der Waals surface area contributed by atoms with Gasteiger partial charge >= 0.3 is 0 Å². The summed E-state index contributed by atoms with van der Waals surface area (Å²) in [5, 5.41) is 7.91. The Balaban J connectivity index is 1.66. The molecule has 0 saturated carbocycles. The molecule has 1 aliphatic heterocycles. The molecule has 0 saturated heterocycles. The highest BCUT2D eigenvalue weighted by atomic mass is 32.1. The van der Waals surface area contributed by atoms with E-state index in [4.69, 9.17) is 16.7 Å². The zero-order valence-corrected chi connectivity index (χ0v) is 19.2. The van der Waals surface area contributed by atoms with Gasteiger partial charge in [-0.3, -0.25) is 4.90 Å². The number of aromatic nitrogens is 2. The van der Waals surface area contributed by atoms with E-state index in [0.29, 0.717) is 33.7 Å². The first-order chi connectivity index (χ1) is 16.4. The van der Waals surface area contributed by atoms with Crippen molar-refractivity contribution in [3.05, 3.63) is 107 Å². The molecule has 2 heterocycles. The molecule has 3 aromatic carbocycles. The van der Waals surface area contributed by atoms with Crippen molar-refractivity contribution < 1.29 is 13.3 Å². The molecule has 4 aromatic rings. The molecular weight excluding hydrogens is 454 g/mol. The van der Waals surface area contributed by atoms with Crippen LogP contribution in [0.25, 0.3) is 17.0 Å². The smallest absolute Gasteiger partial charge is 0.258 e. The number of anilines is 1. The van der Waals surface area contributed by atoms with Gasteiger partial charge in [0.2, 0.25) is 5.82 Å². The predicted molar refractivity (Wildman–Crippen MR) is 131 cm³/mol. The van der Waals surface area contributed by atoms with E-state index in [9.17, 15) is 8.78 Å². The van der Waals surface area contributed by atoms with Crippen molar-refractivity contribution in [2.24, 2.45) is 0 Å². The summed E-state index contributed by atoms with van der Waals surface area (Å²) in [7, 11) is 0. The van der Waals surface area contributed by atoms with Crippen molar-refractivity contribution in [2.75, 3.05) is 4.90 Å². The Bertz CT molecular complexity index is 1400. The maximum absolute atomic E-state index is 13.9. The van der Waals surface area contributed by atoms with Crippen LogP contribution in [0.1, 0.15) is 30.0 Å². The van der Waals surface area contributed by atoms with Gasteiger partial charge in [0, 0.05) is 16.9 Å². The minimum absolute atomic E-state index is 0.296. The summed E-state index contributed by atoms with van der Waals surface area (Å²) < 4.78 is 33.3. The van der Waals surface area contributed by atoms with E-state index in [1.54, 1.807) is 31.2 Å². The second-order valence-electron chi connectivity index (χ2n) is 7.99.